The molecule has 0 saturated carbocycles. The van der Waals surface area contributed by atoms with Crippen LogP contribution in [-0.2, 0) is 4.74 Å². The van der Waals surface area contributed by atoms with Gasteiger partial charge in [-0.05, 0) is 37.1 Å². The minimum atomic E-state index is 0.102. The van der Waals surface area contributed by atoms with Crippen molar-refractivity contribution in [2.75, 3.05) is 25.2 Å². The first-order valence-electron chi connectivity index (χ1n) is 9.28. The molecule has 0 radical (unpaired) electrons. The van der Waals surface area contributed by atoms with Crippen molar-refractivity contribution in [1.82, 2.24) is 4.98 Å². The minimum Gasteiger partial charge on any atom is -0.382 e. The van der Waals surface area contributed by atoms with E-state index in [2.05, 4.69) is 43.0 Å². The fraction of sp³-hybridized carbons (Fsp3) is 0.318. The highest BCUT2D eigenvalue weighted by Gasteiger charge is 2.24. The third-order valence-corrected chi connectivity index (χ3v) is 6.12. The lowest BCUT2D eigenvalue weighted by Gasteiger charge is -2.31. The predicted molar refractivity (Wildman–Crippen MR) is 121 cm³/mol. The molecular formula is C22H24Cl2N2OS. The molecule has 0 spiro atoms. The molecule has 148 valence electrons. The Morgan fingerprint density at radius 2 is 1.89 bits per heavy atom. The van der Waals surface area contributed by atoms with Gasteiger partial charge in [-0.25, -0.2) is 4.98 Å². The third-order valence-electron chi connectivity index (χ3n) is 4.57. The Morgan fingerprint density at radius 1 is 1.14 bits per heavy atom. The van der Waals surface area contributed by atoms with Crippen LogP contribution < -0.4 is 4.90 Å². The molecule has 1 atom stereocenters. The van der Waals surface area contributed by atoms with Gasteiger partial charge < -0.3 is 9.64 Å². The molecule has 28 heavy (non-hydrogen) atoms. The summed E-state index contributed by atoms with van der Waals surface area (Å²) in [7, 11) is 1.74. The van der Waals surface area contributed by atoms with Gasteiger partial charge in [0.1, 0.15) is 0 Å². The van der Waals surface area contributed by atoms with Crippen molar-refractivity contribution in [3.8, 4) is 11.3 Å². The average Bonchev–Trinajstić information content (AvgIpc) is 3.06. The molecule has 6 heteroatoms. The topological polar surface area (TPSA) is 25.4 Å². The molecule has 0 N–H and O–H groups in total. The summed E-state index contributed by atoms with van der Waals surface area (Å²) in [5, 5.41) is 2.22. The second-order valence-corrected chi connectivity index (χ2v) is 8.63. The molecule has 1 heterocycles. The zero-order chi connectivity index (χ0) is 20.1. The number of aromatic nitrogens is 1. The fourth-order valence-corrected chi connectivity index (χ4v) is 4.76. The summed E-state index contributed by atoms with van der Waals surface area (Å²) in [6, 6.07) is 16.1. The second-order valence-electron chi connectivity index (χ2n) is 6.60. The molecule has 0 aliphatic rings. The Bertz CT molecular complexity index is 914. The Kier molecular flexibility index (Phi) is 7.36. The van der Waals surface area contributed by atoms with E-state index >= 15 is 0 Å². The molecule has 0 amide bonds. The molecule has 0 bridgehead atoms. The van der Waals surface area contributed by atoms with E-state index in [1.807, 2.05) is 18.2 Å². The number of thiazole rings is 1. The van der Waals surface area contributed by atoms with Gasteiger partial charge in [-0.2, -0.15) is 0 Å². The largest absolute Gasteiger partial charge is 0.382 e. The number of halogens is 2. The van der Waals surface area contributed by atoms with Crippen LogP contribution in [0.5, 0.6) is 0 Å². The number of rotatable bonds is 8. The summed E-state index contributed by atoms with van der Waals surface area (Å²) in [4.78, 5) is 8.45. The number of hydrogen-bond acceptors (Lipinski definition) is 4. The zero-order valence-electron chi connectivity index (χ0n) is 16.3. The molecule has 0 saturated heterocycles. The molecule has 0 aliphatic carbocycles. The molecule has 3 aromatic rings. The van der Waals surface area contributed by atoms with E-state index in [1.54, 1.807) is 24.5 Å². The predicted octanol–water partition coefficient (Wildman–Crippen LogP) is 7.03. The highest BCUT2D eigenvalue weighted by molar-refractivity contribution is 7.16. The SMILES string of the molecule is CCCN(c1nc(-c2ccc(Cl)cc2Cl)c(C)s1)[C@H](COC)c1ccccc1. The van der Waals surface area contributed by atoms with Gasteiger partial charge in [-0.15, -0.1) is 11.3 Å². The number of nitrogens with zero attached hydrogens (tertiary/aromatic N) is 2. The lowest BCUT2D eigenvalue weighted by Crippen LogP contribution is -2.32. The van der Waals surface area contributed by atoms with Gasteiger partial charge in [0.05, 0.1) is 23.4 Å². The molecule has 0 unspecified atom stereocenters. The summed E-state index contributed by atoms with van der Waals surface area (Å²) in [5.74, 6) is 0. The number of aryl methyl sites for hydroxylation is 1. The van der Waals surface area contributed by atoms with Crippen molar-refractivity contribution in [1.29, 1.82) is 0 Å². The number of hydrogen-bond donors (Lipinski definition) is 0. The van der Waals surface area contributed by atoms with Gasteiger partial charge in [0, 0.05) is 29.1 Å². The smallest absolute Gasteiger partial charge is 0.186 e. The molecule has 0 aliphatic heterocycles. The van der Waals surface area contributed by atoms with E-state index in [9.17, 15) is 0 Å². The van der Waals surface area contributed by atoms with Crippen LogP contribution in [-0.4, -0.2) is 25.2 Å². The maximum atomic E-state index is 6.44. The third kappa shape index (κ3) is 4.69. The average molecular weight is 435 g/mol. The lowest BCUT2D eigenvalue weighted by atomic mass is 10.1. The van der Waals surface area contributed by atoms with Crippen LogP contribution >= 0.6 is 34.5 Å². The van der Waals surface area contributed by atoms with Gasteiger partial charge in [-0.1, -0.05) is 60.5 Å². The molecule has 3 nitrogen and oxygen atoms in total. The molecule has 2 aromatic carbocycles. The van der Waals surface area contributed by atoms with Crippen LogP contribution in [0.3, 0.4) is 0 Å². The standard InChI is InChI=1S/C22H24Cl2N2OS/c1-4-12-26(20(14-27-3)16-8-6-5-7-9-16)22-25-21(15(2)28-22)18-11-10-17(23)13-19(18)24/h5-11,13,20H,4,12,14H2,1-3H3/t20-/m1/s1. The van der Waals surface area contributed by atoms with Crippen molar-refractivity contribution < 1.29 is 4.74 Å². The van der Waals surface area contributed by atoms with Crippen molar-refractivity contribution >= 4 is 39.7 Å². The van der Waals surface area contributed by atoms with Crippen molar-refractivity contribution in [2.45, 2.75) is 26.3 Å². The Hall–Kier alpha value is -1.59. The first-order chi connectivity index (χ1) is 13.5. The Labute approximate surface area is 180 Å². The summed E-state index contributed by atoms with van der Waals surface area (Å²) < 4.78 is 5.56. The highest BCUT2D eigenvalue weighted by Crippen LogP contribution is 2.39. The van der Waals surface area contributed by atoms with Crippen LogP contribution in [0.2, 0.25) is 10.0 Å². The first-order valence-corrected chi connectivity index (χ1v) is 10.9. The van der Waals surface area contributed by atoms with E-state index in [4.69, 9.17) is 32.9 Å². The fourth-order valence-electron chi connectivity index (χ4n) is 3.26. The van der Waals surface area contributed by atoms with Crippen LogP contribution in [0, 0.1) is 6.92 Å². The van der Waals surface area contributed by atoms with Crippen molar-refractivity contribution in [2.24, 2.45) is 0 Å². The molecule has 3 rings (SSSR count). The van der Waals surface area contributed by atoms with Crippen LogP contribution in [0.15, 0.2) is 48.5 Å². The van der Waals surface area contributed by atoms with Gasteiger partial charge in [0.15, 0.2) is 5.13 Å². The molecule has 1 aromatic heterocycles. The number of anilines is 1. The van der Waals surface area contributed by atoms with Crippen LogP contribution in [0.1, 0.15) is 29.8 Å². The van der Waals surface area contributed by atoms with E-state index in [1.165, 1.54) is 5.56 Å². The van der Waals surface area contributed by atoms with Gasteiger partial charge in [0.2, 0.25) is 0 Å². The number of methoxy groups -OCH3 is 1. The number of benzene rings is 2. The highest BCUT2D eigenvalue weighted by atomic mass is 35.5. The zero-order valence-corrected chi connectivity index (χ0v) is 18.6. The lowest BCUT2D eigenvalue weighted by molar-refractivity contribution is 0.177. The van der Waals surface area contributed by atoms with E-state index < -0.39 is 0 Å². The summed E-state index contributed by atoms with van der Waals surface area (Å²) in [5.41, 5.74) is 3.04. The van der Waals surface area contributed by atoms with Crippen LogP contribution in [0.25, 0.3) is 11.3 Å². The van der Waals surface area contributed by atoms with Crippen molar-refractivity contribution in [3.05, 3.63) is 69.0 Å². The quantitative estimate of drug-likeness (QED) is 0.380. The summed E-state index contributed by atoms with van der Waals surface area (Å²) >= 11 is 14.2. The molecule has 0 fully saturated rings. The van der Waals surface area contributed by atoms with Gasteiger partial charge >= 0.3 is 0 Å². The van der Waals surface area contributed by atoms with Crippen molar-refractivity contribution in [3.63, 3.8) is 0 Å². The first kappa shape index (κ1) is 21.1. The number of ether oxygens (including phenoxy) is 1. The monoisotopic (exact) mass is 434 g/mol. The van der Waals surface area contributed by atoms with E-state index in [0.29, 0.717) is 16.7 Å². The maximum absolute atomic E-state index is 6.44. The maximum Gasteiger partial charge on any atom is 0.186 e. The van der Waals surface area contributed by atoms with Gasteiger partial charge in [-0.3, -0.25) is 0 Å². The summed E-state index contributed by atoms with van der Waals surface area (Å²) in [6.45, 7) is 5.75. The normalized spacial score (nSPS) is 12.2. The van der Waals surface area contributed by atoms with Crippen LogP contribution in [0.4, 0.5) is 5.13 Å². The molecular weight excluding hydrogens is 411 g/mol. The summed E-state index contributed by atoms with van der Waals surface area (Å²) in [6.07, 6.45) is 1.02. The Balaban J connectivity index is 2.02. The Morgan fingerprint density at radius 3 is 2.54 bits per heavy atom. The van der Waals surface area contributed by atoms with E-state index in [-0.39, 0.29) is 6.04 Å². The second kappa shape index (κ2) is 9.75. The minimum absolute atomic E-state index is 0.102. The van der Waals surface area contributed by atoms with Gasteiger partial charge in [0.25, 0.3) is 0 Å². The van der Waals surface area contributed by atoms with E-state index in [0.717, 1.165) is 34.2 Å².